The average Bonchev–Trinajstić information content (AvgIpc) is 2.10. The maximum absolute atomic E-state index is 3.57. The largest absolute Gasteiger partial charge is 0.316 e. The number of fused-ring (bicyclic) bond motifs is 1. The molecular formula is C10H17N. The van der Waals surface area contributed by atoms with Crippen LogP contribution in [0.1, 0.15) is 32.1 Å². The number of hydrogen-bond acceptors (Lipinski definition) is 1. The molecule has 1 N–H and O–H groups in total. The minimum atomic E-state index is 0.818. The molecule has 2 saturated carbocycles. The van der Waals surface area contributed by atoms with Gasteiger partial charge >= 0.3 is 0 Å². The third-order valence-corrected chi connectivity index (χ3v) is 4.53. The predicted molar refractivity (Wildman–Crippen MR) is 45.4 cm³/mol. The predicted octanol–water partition coefficient (Wildman–Crippen LogP) is 1.79. The summed E-state index contributed by atoms with van der Waals surface area (Å²) in [5.41, 5.74) is 0.818. The van der Waals surface area contributed by atoms with Gasteiger partial charge < -0.3 is 5.32 Å². The molecule has 0 aromatic heterocycles. The summed E-state index contributed by atoms with van der Waals surface area (Å²) in [7, 11) is 0. The minimum Gasteiger partial charge on any atom is -0.316 e. The highest BCUT2D eigenvalue weighted by molar-refractivity contribution is 5.07. The van der Waals surface area contributed by atoms with E-state index in [0.29, 0.717) is 0 Å². The Morgan fingerprint density at radius 2 is 2.00 bits per heavy atom. The van der Waals surface area contributed by atoms with E-state index in [-0.39, 0.29) is 0 Å². The molecule has 1 aliphatic heterocycles. The number of rotatable bonds is 1. The second kappa shape index (κ2) is 2.01. The van der Waals surface area contributed by atoms with Gasteiger partial charge in [-0.1, -0.05) is 6.42 Å². The molecule has 62 valence electrons. The van der Waals surface area contributed by atoms with Crippen LogP contribution in [0.25, 0.3) is 0 Å². The van der Waals surface area contributed by atoms with Crippen LogP contribution in [0.3, 0.4) is 0 Å². The van der Waals surface area contributed by atoms with Crippen molar-refractivity contribution in [2.75, 3.05) is 13.1 Å². The summed E-state index contributed by atoms with van der Waals surface area (Å²) in [6.45, 7) is 2.68. The Balaban J connectivity index is 1.81. The first-order chi connectivity index (χ1) is 5.42. The fourth-order valence-corrected chi connectivity index (χ4v) is 3.40. The Kier molecular flexibility index (Phi) is 1.18. The molecule has 1 saturated heterocycles. The van der Waals surface area contributed by atoms with E-state index in [1.165, 1.54) is 45.2 Å². The second-order valence-corrected chi connectivity index (χ2v) is 4.73. The van der Waals surface area contributed by atoms with Crippen molar-refractivity contribution in [3.8, 4) is 0 Å². The van der Waals surface area contributed by atoms with Crippen LogP contribution < -0.4 is 5.32 Å². The molecule has 1 heterocycles. The Bertz CT molecular complexity index is 174. The molecule has 0 aromatic rings. The van der Waals surface area contributed by atoms with Gasteiger partial charge in [0.15, 0.2) is 0 Å². The lowest BCUT2D eigenvalue weighted by Gasteiger charge is -2.53. The molecule has 0 bridgehead atoms. The van der Waals surface area contributed by atoms with Crippen LogP contribution in [0.15, 0.2) is 0 Å². The molecule has 1 nitrogen and oxygen atoms in total. The molecule has 0 spiro atoms. The van der Waals surface area contributed by atoms with Gasteiger partial charge in [-0.25, -0.2) is 0 Å². The van der Waals surface area contributed by atoms with Gasteiger partial charge in [0.1, 0.15) is 0 Å². The van der Waals surface area contributed by atoms with E-state index in [9.17, 15) is 0 Å². The average molecular weight is 151 g/mol. The molecule has 2 aliphatic carbocycles. The molecule has 3 fully saturated rings. The zero-order valence-corrected chi connectivity index (χ0v) is 7.10. The highest BCUT2D eigenvalue weighted by Crippen LogP contribution is 2.59. The van der Waals surface area contributed by atoms with Crippen LogP contribution >= 0.6 is 0 Å². The highest BCUT2D eigenvalue weighted by atomic mass is 15.0. The third kappa shape index (κ3) is 0.658. The van der Waals surface area contributed by atoms with Crippen molar-refractivity contribution in [3.05, 3.63) is 0 Å². The lowest BCUT2D eigenvalue weighted by atomic mass is 9.51. The van der Waals surface area contributed by atoms with Gasteiger partial charge in [0, 0.05) is 6.54 Å². The van der Waals surface area contributed by atoms with E-state index >= 15 is 0 Å². The third-order valence-electron chi connectivity index (χ3n) is 4.53. The first-order valence-corrected chi connectivity index (χ1v) is 5.12. The topological polar surface area (TPSA) is 12.0 Å². The normalized spacial score (nSPS) is 49.6. The zero-order chi connectivity index (χ0) is 7.31. The molecule has 0 aromatic carbocycles. The van der Waals surface area contributed by atoms with Gasteiger partial charge in [0.05, 0.1) is 0 Å². The molecule has 3 rings (SSSR count). The molecule has 0 amide bonds. The van der Waals surface area contributed by atoms with E-state index in [1.807, 2.05) is 0 Å². The van der Waals surface area contributed by atoms with E-state index in [4.69, 9.17) is 0 Å². The Morgan fingerprint density at radius 3 is 2.45 bits per heavy atom. The van der Waals surface area contributed by atoms with E-state index in [2.05, 4.69) is 5.32 Å². The van der Waals surface area contributed by atoms with Crippen molar-refractivity contribution in [1.82, 2.24) is 5.32 Å². The highest BCUT2D eigenvalue weighted by Gasteiger charge is 2.55. The fourth-order valence-electron chi connectivity index (χ4n) is 3.40. The van der Waals surface area contributed by atoms with Crippen LogP contribution in [0.2, 0.25) is 0 Å². The monoisotopic (exact) mass is 151 g/mol. The van der Waals surface area contributed by atoms with Crippen molar-refractivity contribution in [2.24, 2.45) is 17.3 Å². The first kappa shape index (κ1) is 6.47. The SMILES string of the molecule is C1CC(C23CCC2CNC3)C1. The smallest absolute Gasteiger partial charge is 0.00137 e. The Hall–Kier alpha value is -0.0400. The van der Waals surface area contributed by atoms with Crippen molar-refractivity contribution >= 4 is 0 Å². The Morgan fingerprint density at radius 1 is 1.09 bits per heavy atom. The van der Waals surface area contributed by atoms with Gasteiger partial charge in [0.25, 0.3) is 0 Å². The number of hydrogen-bond donors (Lipinski definition) is 1. The summed E-state index contributed by atoms with van der Waals surface area (Å²) in [5.74, 6) is 2.20. The molecular weight excluding hydrogens is 134 g/mol. The lowest BCUT2D eigenvalue weighted by molar-refractivity contribution is -0.0252. The summed E-state index contributed by atoms with van der Waals surface area (Å²) in [6.07, 6.45) is 7.65. The summed E-state index contributed by atoms with van der Waals surface area (Å²) in [4.78, 5) is 0. The minimum absolute atomic E-state index is 0.818. The van der Waals surface area contributed by atoms with Gasteiger partial charge in [-0.2, -0.15) is 0 Å². The zero-order valence-electron chi connectivity index (χ0n) is 7.10. The summed E-state index contributed by atoms with van der Waals surface area (Å²) in [5, 5.41) is 3.57. The van der Waals surface area contributed by atoms with Crippen molar-refractivity contribution in [3.63, 3.8) is 0 Å². The van der Waals surface area contributed by atoms with Crippen LogP contribution in [0.5, 0.6) is 0 Å². The van der Waals surface area contributed by atoms with Crippen LogP contribution in [-0.4, -0.2) is 13.1 Å². The molecule has 0 radical (unpaired) electrons. The van der Waals surface area contributed by atoms with Gasteiger partial charge in [-0.15, -0.1) is 0 Å². The molecule has 1 heteroatoms. The summed E-state index contributed by atoms with van der Waals surface area (Å²) >= 11 is 0. The first-order valence-electron chi connectivity index (χ1n) is 5.12. The Labute approximate surface area is 68.6 Å². The van der Waals surface area contributed by atoms with E-state index in [1.54, 1.807) is 0 Å². The van der Waals surface area contributed by atoms with E-state index in [0.717, 1.165) is 17.3 Å². The summed E-state index contributed by atoms with van der Waals surface area (Å²) in [6, 6.07) is 0. The van der Waals surface area contributed by atoms with Crippen molar-refractivity contribution in [1.29, 1.82) is 0 Å². The van der Waals surface area contributed by atoms with Gasteiger partial charge in [0.2, 0.25) is 0 Å². The standard InChI is InChI=1S/C10H17N/c1-2-8(3-1)10-5-4-9(10)6-11-7-10/h8-9,11H,1-7H2. The fraction of sp³-hybridized carbons (Fsp3) is 1.00. The quantitative estimate of drug-likeness (QED) is 0.602. The summed E-state index contributed by atoms with van der Waals surface area (Å²) < 4.78 is 0. The van der Waals surface area contributed by atoms with Crippen molar-refractivity contribution in [2.45, 2.75) is 32.1 Å². The molecule has 2 atom stereocenters. The van der Waals surface area contributed by atoms with Crippen LogP contribution in [-0.2, 0) is 0 Å². The molecule has 3 aliphatic rings. The van der Waals surface area contributed by atoms with Gasteiger partial charge in [-0.3, -0.25) is 0 Å². The van der Waals surface area contributed by atoms with Crippen LogP contribution in [0, 0.1) is 17.3 Å². The maximum atomic E-state index is 3.57. The van der Waals surface area contributed by atoms with Crippen LogP contribution in [0.4, 0.5) is 0 Å². The van der Waals surface area contributed by atoms with E-state index < -0.39 is 0 Å². The van der Waals surface area contributed by atoms with Crippen molar-refractivity contribution < 1.29 is 0 Å². The van der Waals surface area contributed by atoms with Gasteiger partial charge in [-0.05, 0) is 49.5 Å². The molecule has 11 heavy (non-hydrogen) atoms. The molecule has 2 unspecified atom stereocenters. The second-order valence-electron chi connectivity index (χ2n) is 4.73. The lowest BCUT2D eigenvalue weighted by Crippen LogP contribution is -2.48. The maximum Gasteiger partial charge on any atom is 0.00137 e. The number of nitrogens with one attached hydrogen (secondary N) is 1.